The summed E-state index contributed by atoms with van der Waals surface area (Å²) in [5.74, 6) is 3.35. The largest absolute Gasteiger partial charge is 0.494 e. The molecular weight excluding hydrogens is 324 g/mol. The Balaban J connectivity index is 1.38. The summed E-state index contributed by atoms with van der Waals surface area (Å²) in [7, 11) is 0. The third-order valence-corrected chi connectivity index (χ3v) is 6.88. The van der Waals surface area contributed by atoms with Crippen molar-refractivity contribution in [3.63, 3.8) is 0 Å². The van der Waals surface area contributed by atoms with Gasteiger partial charge in [-0.3, -0.25) is 0 Å². The van der Waals surface area contributed by atoms with Crippen LogP contribution < -0.4 is 10.1 Å². The molecule has 4 nitrogen and oxygen atoms in total. The van der Waals surface area contributed by atoms with E-state index in [1.807, 2.05) is 24.0 Å². The summed E-state index contributed by atoms with van der Waals surface area (Å²) in [5, 5.41) is 3.34. The molecule has 3 fully saturated rings. The van der Waals surface area contributed by atoms with Crippen LogP contribution in [0, 0.1) is 17.8 Å². The van der Waals surface area contributed by atoms with E-state index in [9.17, 15) is 4.79 Å². The highest BCUT2D eigenvalue weighted by molar-refractivity contribution is 5.75. The number of nitrogens with one attached hydrogen (secondary N) is 1. The number of urea groups is 1. The van der Waals surface area contributed by atoms with E-state index >= 15 is 0 Å². The monoisotopic (exact) mass is 356 g/mol. The molecule has 5 unspecified atom stereocenters. The summed E-state index contributed by atoms with van der Waals surface area (Å²) in [4.78, 5) is 15.0. The van der Waals surface area contributed by atoms with Gasteiger partial charge in [0.25, 0.3) is 0 Å². The Kier molecular flexibility index (Phi) is 5.10. The lowest BCUT2D eigenvalue weighted by atomic mass is 9.84. The van der Waals surface area contributed by atoms with E-state index in [-0.39, 0.29) is 12.1 Å². The standard InChI is InChI=1S/C22H32N2O2/c1-3-26-19-10-8-17(9-11-19)21-5-4-12-24(21)22(25)23-15(2)20-14-16-6-7-18(20)13-16/h8-11,15-16,18,20-21H,3-7,12-14H2,1-2H3,(H,23,25). The van der Waals surface area contributed by atoms with E-state index in [0.717, 1.165) is 37.0 Å². The highest BCUT2D eigenvalue weighted by Gasteiger charge is 2.42. The van der Waals surface area contributed by atoms with Crippen LogP contribution in [-0.4, -0.2) is 30.1 Å². The zero-order valence-corrected chi connectivity index (χ0v) is 16.1. The number of carbonyl (C=O) groups is 1. The summed E-state index contributed by atoms with van der Waals surface area (Å²) in [6.07, 6.45) is 7.61. The zero-order chi connectivity index (χ0) is 18.1. The fraction of sp³-hybridized carbons (Fsp3) is 0.682. The predicted octanol–water partition coefficient (Wildman–Crippen LogP) is 4.76. The molecule has 1 aliphatic heterocycles. The van der Waals surface area contributed by atoms with Crippen LogP contribution in [0.5, 0.6) is 5.75 Å². The second-order valence-electron chi connectivity index (χ2n) is 8.43. The van der Waals surface area contributed by atoms with E-state index in [0.29, 0.717) is 18.6 Å². The molecule has 1 saturated heterocycles. The smallest absolute Gasteiger partial charge is 0.318 e. The maximum atomic E-state index is 13.0. The van der Waals surface area contributed by atoms with Gasteiger partial charge in [0.05, 0.1) is 12.6 Å². The zero-order valence-electron chi connectivity index (χ0n) is 16.1. The molecule has 0 aromatic heterocycles. The first-order valence-corrected chi connectivity index (χ1v) is 10.5. The highest BCUT2D eigenvalue weighted by Crippen LogP contribution is 2.49. The molecule has 4 rings (SSSR count). The molecule has 2 bridgehead atoms. The molecule has 4 heteroatoms. The van der Waals surface area contributed by atoms with Crippen molar-refractivity contribution in [1.29, 1.82) is 0 Å². The van der Waals surface area contributed by atoms with Crippen molar-refractivity contribution in [1.82, 2.24) is 10.2 Å². The van der Waals surface area contributed by atoms with Gasteiger partial charge in [-0.1, -0.05) is 18.6 Å². The van der Waals surface area contributed by atoms with Crippen LogP contribution in [0.15, 0.2) is 24.3 Å². The van der Waals surface area contributed by atoms with Gasteiger partial charge in [0.15, 0.2) is 0 Å². The van der Waals surface area contributed by atoms with Crippen molar-refractivity contribution < 1.29 is 9.53 Å². The second-order valence-corrected chi connectivity index (χ2v) is 8.43. The molecule has 2 saturated carbocycles. The molecule has 1 aromatic rings. The molecule has 1 aromatic carbocycles. The number of hydrogen-bond acceptors (Lipinski definition) is 2. The molecule has 1 N–H and O–H groups in total. The Labute approximate surface area is 157 Å². The number of likely N-dealkylation sites (tertiary alicyclic amines) is 1. The third kappa shape index (κ3) is 3.43. The van der Waals surface area contributed by atoms with Crippen LogP contribution in [-0.2, 0) is 0 Å². The van der Waals surface area contributed by atoms with Gasteiger partial charge in [0.1, 0.15) is 5.75 Å². The van der Waals surface area contributed by atoms with Gasteiger partial charge >= 0.3 is 6.03 Å². The molecular formula is C22H32N2O2. The normalized spacial score (nSPS) is 31.2. The quantitative estimate of drug-likeness (QED) is 0.827. The molecule has 3 aliphatic rings. The lowest BCUT2D eigenvalue weighted by Gasteiger charge is -2.32. The van der Waals surface area contributed by atoms with Crippen molar-refractivity contribution in [2.24, 2.45) is 17.8 Å². The fourth-order valence-corrected chi connectivity index (χ4v) is 5.60. The summed E-state index contributed by atoms with van der Waals surface area (Å²) < 4.78 is 5.54. The predicted molar refractivity (Wildman–Crippen MR) is 103 cm³/mol. The van der Waals surface area contributed by atoms with Crippen molar-refractivity contribution in [2.45, 2.75) is 64.5 Å². The summed E-state index contributed by atoms with van der Waals surface area (Å²) in [5.41, 5.74) is 1.22. The maximum absolute atomic E-state index is 13.0. The first kappa shape index (κ1) is 17.7. The minimum Gasteiger partial charge on any atom is -0.494 e. The first-order chi connectivity index (χ1) is 12.7. The first-order valence-electron chi connectivity index (χ1n) is 10.5. The summed E-state index contributed by atoms with van der Waals surface area (Å²) in [6.45, 7) is 5.74. The minimum atomic E-state index is 0.122. The topological polar surface area (TPSA) is 41.6 Å². The molecule has 2 aliphatic carbocycles. The van der Waals surface area contributed by atoms with Crippen LogP contribution in [0.4, 0.5) is 4.79 Å². The molecule has 0 radical (unpaired) electrons. The van der Waals surface area contributed by atoms with Crippen LogP contribution in [0.25, 0.3) is 0 Å². The average Bonchev–Trinajstić information content (AvgIpc) is 3.39. The van der Waals surface area contributed by atoms with Crippen LogP contribution in [0.3, 0.4) is 0 Å². The average molecular weight is 357 g/mol. The van der Waals surface area contributed by atoms with Crippen molar-refractivity contribution in [3.05, 3.63) is 29.8 Å². The lowest BCUT2D eigenvalue weighted by molar-refractivity contribution is 0.178. The Bertz CT molecular complexity index is 630. The van der Waals surface area contributed by atoms with Crippen molar-refractivity contribution >= 4 is 6.03 Å². The van der Waals surface area contributed by atoms with Gasteiger partial charge < -0.3 is 15.0 Å². The summed E-state index contributed by atoms with van der Waals surface area (Å²) in [6, 6.07) is 8.87. The van der Waals surface area contributed by atoms with Crippen LogP contribution >= 0.6 is 0 Å². The third-order valence-electron chi connectivity index (χ3n) is 6.88. The van der Waals surface area contributed by atoms with E-state index in [1.54, 1.807) is 0 Å². The van der Waals surface area contributed by atoms with Gasteiger partial charge in [-0.25, -0.2) is 4.79 Å². The van der Waals surface area contributed by atoms with Gasteiger partial charge in [-0.15, -0.1) is 0 Å². The molecule has 1 heterocycles. The Morgan fingerprint density at radius 3 is 2.69 bits per heavy atom. The van der Waals surface area contributed by atoms with Gasteiger partial charge in [0, 0.05) is 12.6 Å². The van der Waals surface area contributed by atoms with Gasteiger partial charge in [0.2, 0.25) is 0 Å². The fourth-order valence-electron chi connectivity index (χ4n) is 5.60. The minimum absolute atomic E-state index is 0.122. The maximum Gasteiger partial charge on any atom is 0.318 e. The number of ether oxygens (including phenoxy) is 1. The molecule has 142 valence electrons. The van der Waals surface area contributed by atoms with Gasteiger partial charge in [-0.05, 0) is 81.4 Å². The van der Waals surface area contributed by atoms with Crippen molar-refractivity contribution in [2.75, 3.05) is 13.2 Å². The van der Waals surface area contributed by atoms with Crippen molar-refractivity contribution in [3.8, 4) is 5.75 Å². The molecule has 26 heavy (non-hydrogen) atoms. The van der Waals surface area contributed by atoms with E-state index < -0.39 is 0 Å². The van der Waals surface area contributed by atoms with Crippen LogP contribution in [0.1, 0.15) is 64.0 Å². The number of amides is 2. The Morgan fingerprint density at radius 2 is 2.04 bits per heavy atom. The number of hydrogen-bond donors (Lipinski definition) is 1. The highest BCUT2D eigenvalue weighted by atomic mass is 16.5. The molecule has 2 amide bonds. The number of nitrogens with zero attached hydrogens (tertiary/aromatic N) is 1. The van der Waals surface area contributed by atoms with Gasteiger partial charge in [-0.2, -0.15) is 0 Å². The van der Waals surface area contributed by atoms with E-state index in [2.05, 4.69) is 24.4 Å². The number of rotatable bonds is 5. The lowest BCUT2D eigenvalue weighted by Crippen LogP contribution is -2.47. The second kappa shape index (κ2) is 7.50. The molecule has 5 atom stereocenters. The Morgan fingerprint density at radius 1 is 1.23 bits per heavy atom. The SMILES string of the molecule is CCOc1ccc(C2CCCN2C(=O)NC(C)C2CC3CCC2C3)cc1. The van der Waals surface area contributed by atoms with Crippen LogP contribution in [0.2, 0.25) is 0 Å². The molecule has 0 spiro atoms. The Hall–Kier alpha value is -1.71. The number of benzene rings is 1. The van der Waals surface area contributed by atoms with E-state index in [1.165, 1.54) is 31.2 Å². The summed E-state index contributed by atoms with van der Waals surface area (Å²) >= 11 is 0. The van der Waals surface area contributed by atoms with E-state index in [4.69, 9.17) is 4.74 Å². The number of fused-ring (bicyclic) bond motifs is 2. The number of carbonyl (C=O) groups excluding carboxylic acids is 1.